The molecule has 3 heteroatoms. The third kappa shape index (κ3) is 4.23. The molecule has 1 aliphatic carbocycles. The number of carbonyl (C=O) groups is 1. The van der Waals surface area contributed by atoms with Gasteiger partial charge in [0.1, 0.15) is 0 Å². The van der Waals surface area contributed by atoms with E-state index in [1.807, 2.05) is 18.2 Å². The Hall–Kier alpha value is -1.51. The fraction of sp³-hybridized carbons (Fsp3) is 0.611. The van der Waals surface area contributed by atoms with Crippen LogP contribution in [0, 0.1) is 12.8 Å². The van der Waals surface area contributed by atoms with Crippen LogP contribution in [0.5, 0.6) is 0 Å². The van der Waals surface area contributed by atoms with Crippen LogP contribution in [0.2, 0.25) is 0 Å². The van der Waals surface area contributed by atoms with E-state index in [1.165, 1.54) is 0 Å². The molecule has 0 aliphatic heterocycles. The number of carbonyl (C=O) groups excluding carboxylic acids is 1. The molecule has 0 radical (unpaired) electrons. The number of amides is 1. The Bertz CT molecular complexity index is 492. The third-order valence-electron chi connectivity index (χ3n) is 3.85. The lowest BCUT2D eigenvalue weighted by Crippen LogP contribution is -2.36. The van der Waals surface area contributed by atoms with Crippen molar-refractivity contribution in [3.8, 4) is 0 Å². The largest absolute Gasteiger partial charge is 0.385 e. The van der Waals surface area contributed by atoms with Crippen molar-refractivity contribution in [2.75, 3.05) is 18.4 Å². The number of aryl methyl sites for hydroxylation is 1. The van der Waals surface area contributed by atoms with Crippen molar-refractivity contribution in [2.45, 2.75) is 53.0 Å². The lowest BCUT2D eigenvalue weighted by Gasteiger charge is -2.25. The van der Waals surface area contributed by atoms with Gasteiger partial charge in [-0.1, -0.05) is 20.8 Å². The number of nitrogens with zero attached hydrogens (tertiary/aromatic N) is 1. The van der Waals surface area contributed by atoms with Crippen molar-refractivity contribution in [3.63, 3.8) is 0 Å². The maximum Gasteiger partial charge on any atom is 0.254 e. The number of nitrogens with one attached hydrogen (secondary N) is 1. The van der Waals surface area contributed by atoms with E-state index in [0.717, 1.165) is 49.2 Å². The first kappa shape index (κ1) is 15.9. The zero-order valence-corrected chi connectivity index (χ0v) is 13.8. The molecule has 2 rings (SSSR count). The Morgan fingerprint density at radius 3 is 2.62 bits per heavy atom. The fourth-order valence-corrected chi connectivity index (χ4v) is 2.60. The van der Waals surface area contributed by atoms with Crippen LogP contribution in [0.25, 0.3) is 0 Å². The molecule has 0 heterocycles. The van der Waals surface area contributed by atoms with Crippen molar-refractivity contribution in [3.05, 3.63) is 29.3 Å². The van der Waals surface area contributed by atoms with Crippen molar-refractivity contribution in [1.29, 1.82) is 0 Å². The van der Waals surface area contributed by atoms with Gasteiger partial charge in [0.05, 0.1) is 0 Å². The van der Waals surface area contributed by atoms with E-state index in [9.17, 15) is 4.79 Å². The van der Waals surface area contributed by atoms with Crippen molar-refractivity contribution >= 4 is 11.6 Å². The molecule has 0 saturated heterocycles. The van der Waals surface area contributed by atoms with Gasteiger partial charge in [-0.05, 0) is 55.9 Å². The van der Waals surface area contributed by atoms with Gasteiger partial charge < -0.3 is 10.2 Å². The minimum atomic E-state index is 0.191. The second-order valence-corrected chi connectivity index (χ2v) is 6.54. The maximum atomic E-state index is 12.7. The molecule has 1 saturated carbocycles. The van der Waals surface area contributed by atoms with Crippen LogP contribution in [0.4, 0.5) is 5.69 Å². The van der Waals surface area contributed by atoms with Crippen LogP contribution in [-0.4, -0.2) is 29.9 Å². The zero-order valence-electron chi connectivity index (χ0n) is 13.8. The molecule has 0 bridgehead atoms. The standard InChI is InChI=1S/C18H28N2O/c1-5-10-19-17-9-6-15(11-14(17)4)18(21)20(12-13(2)3)16-7-8-16/h6,9,11,13,16,19H,5,7-8,10,12H2,1-4H3. The highest BCUT2D eigenvalue weighted by molar-refractivity contribution is 5.95. The minimum Gasteiger partial charge on any atom is -0.385 e. The molecule has 1 aromatic rings. The van der Waals surface area contributed by atoms with Crippen molar-refractivity contribution in [1.82, 2.24) is 4.90 Å². The van der Waals surface area contributed by atoms with E-state index in [4.69, 9.17) is 0 Å². The monoisotopic (exact) mass is 288 g/mol. The van der Waals surface area contributed by atoms with E-state index in [-0.39, 0.29) is 5.91 Å². The molecule has 1 N–H and O–H groups in total. The van der Waals surface area contributed by atoms with Gasteiger partial charge in [-0.2, -0.15) is 0 Å². The highest BCUT2D eigenvalue weighted by Gasteiger charge is 2.33. The molecule has 1 fully saturated rings. The van der Waals surface area contributed by atoms with Gasteiger partial charge in [0.2, 0.25) is 0 Å². The summed E-state index contributed by atoms with van der Waals surface area (Å²) in [6.45, 7) is 10.4. The highest BCUT2D eigenvalue weighted by Crippen LogP contribution is 2.29. The van der Waals surface area contributed by atoms with Crippen molar-refractivity contribution < 1.29 is 4.79 Å². The summed E-state index contributed by atoms with van der Waals surface area (Å²) in [5.74, 6) is 0.706. The molecule has 0 spiro atoms. The summed E-state index contributed by atoms with van der Waals surface area (Å²) < 4.78 is 0. The molecule has 1 amide bonds. The summed E-state index contributed by atoms with van der Waals surface area (Å²) in [6.07, 6.45) is 3.42. The average Bonchev–Trinajstić information content (AvgIpc) is 3.27. The smallest absolute Gasteiger partial charge is 0.254 e. The number of benzene rings is 1. The Balaban J connectivity index is 2.12. The zero-order chi connectivity index (χ0) is 15.4. The number of anilines is 1. The van der Waals surface area contributed by atoms with Gasteiger partial charge in [0.25, 0.3) is 5.91 Å². The second kappa shape index (κ2) is 6.97. The molecule has 0 unspecified atom stereocenters. The first-order chi connectivity index (χ1) is 10.0. The minimum absolute atomic E-state index is 0.191. The predicted octanol–water partition coefficient (Wildman–Crippen LogP) is 4.08. The Kier molecular flexibility index (Phi) is 5.27. The Morgan fingerprint density at radius 2 is 2.10 bits per heavy atom. The average molecular weight is 288 g/mol. The number of hydrogen-bond donors (Lipinski definition) is 1. The Morgan fingerprint density at radius 1 is 1.38 bits per heavy atom. The number of rotatable bonds is 7. The maximum absolute atomic E-state index is 12.7. The highest BCUT2D eigenvalue weighted by atomic mass is 16.2. The molecule has 21 heavy (non-hydrogen) atoms. The first-order valence-electron chi connectivity index (χ1n) is 8.18. The van der Waals surface area contributed by atoms with E-state index < -0.39 is 0 Å². The second-order valence-electron chi connectivity index (χ2n) is 6.54. The van der Waals surface area contributed by atoms with Gasteiger partial charge in [-0.15, -0.1) is 0 Å². The normalized spacial score (nSPS) is 14.3. The molecular weight excluding hydrogens is 260 g/mol. The van der Waals surface area contributed by atoms with Gasteiger partial charge in [0, 0.05) is 30.4 Å². The first-order valence-corrected chi connectivity index (χ1v) is 8.18. The topological polar surface area (TPSA) is 32.3 Å². The van der Waals surface area contributed by atoms with Crippen LogP contribution in [0.1, 0.15) is 56.0 Å². The summed E-state index contributed by atoms with van der Waals surface area (Å²) in [4.78, 5) is 14.8. The summed E-state index contributed by atoms with van der Waals surface area (Å²) in [6, 6.07) is 6.50. The SMILES string of the molecule is CCCNc1ccc(C(=O)N(CC(C)C)C2CC2)cc1C. The lowest BCUT2D eigenvalue weighted by atomic mass is 10.1. The lowest BCUT2D eigenvalue weighted by molar-refractivity contribution is 0.0722. The fourth-order valence-electron chi connectivity index (χ4n) is 2.60. The third-order valence-corrected chi connectivity index (χ3v) is 3.85. The van der Waals surface area contributed by atoms with Gasteiger partial charge in [-0.25, -0.2) is 0 Å². The van der Waals surface area contributed by atoms with Gasteiger partial charge >= 0.3 is 0 Å². The predicted molar refractivity (Wildman–Crippen MR) is 88.9 cm³/mol. The van der Waals surface area contributed by atoms with Crippen molar-refractivity contribution in [2.24, 2.45) is 5.92 Å². The molecule has 3 nitrogen and oxygen atoms in total. The van der Waals surface area contributed by atoms with E-state index in [1.54, 1.807) is 0 Å². The summed E-state index contributed by atoms with van der Waals surface area (Å²) in [7, 11) is 0. The quantitative estimate of drug-likeness (QED) is 0.820. The van der Waals surface area contributed by atoms with Gasteiger partial charge in [-0.3, -0.25) is 4.79 Å². The molecule has 1 aliphatic rings. The van der Waals surface area contributed by atoms with E-state index >= 15 is 0 Å². The van der Waals surface area contributed by atoms with E-state index in [0.29, 0.717) is 12.0 Å². The van der Waals surface area contributed by atoms with Crippen LogP contribution in [0.3, 0.4) is 0 Å². The molecule has 1 aromatic carbocycles. The van der Waals surface area contributed by atoms with Crippen LogP contribution >= 0.6 is 0 Å². The Labute approximate surface area is 128 Å². The van der Waals surface area contributed by atoms with Crippen LogP contribution in [0.15, 0.2) is 18.2 Å². The molecule has 0 aromatic heterocycles. The van der Waals surface area contributed by atoms with Crippen LogP contribution in [-0.2, 0) is 0 Å². The molecular formula is C18H28N2O. The summed E-state index contributed by atoms with van der Waals surface area (Å²) in [5, 5.41) is 3.40. The number of hydrogen-bond acceptors (Lipinski definition) is 2. The van der Waals surface area contributed by atoms with Gasteiger partial charge in [0.15, 0.2) is 0 Å². The molecule has 116 valence electrons. The summed E-state index contributed by atoms with van der Waals surface area (Å²) in [5.41, 5.74) is 3.10. The van der Waals surface area contributed by atoms with Crippen LogP contribution < -0.4 is 5.32 Å². The van der Waals surface area contributed by atoms with E-state index in [2.05, 4.69) is 37.9 Å². The molecule has 0 atom stereocenters. The summed E-state index contributed by atoms with van der Waals surface area (Å²) >= 11 is 0.